The van der Waals surface area contributed by atoms with E-state index in [1.54, 1.807) is 6.08 Å². The maximum Gasteiger partial charge on any atom is 0.312 e. The summed E-state index contributed by atoms with van der Waals surface area (Å²) in [6, 6.07) is 0.0594. The Morgan fingerprint density at radius 3 is 2.68 bits per heavy atom. The zero-order valence-corrected chi connectivity index (χ0v) is 20.7. The molecule has 0 radical (unpaired) electrons. The van der Waals surface area contributed by atoms with Crippen molar-refractivity contribution in [2.24, 2.45) is 11.8 Å². The standard InChI is InChI=1S/C27H39N4O3/c1-6-7-8-24(21-11-12-21)31(33)19(2)28-23-15-22-17-30(14-13-27(3,4)32)29(5)25(22)16-26(23)34-18-20-9-10-20/h6-8,15-17,20-21,25,28,32-33H,1-2,9-14,18H2,3-5H3/q+1/b8-7-,31-24-. The van der Waals surface area contributed by atoms with Crippen LogP contribution in [0.25, 0.3) is 0 Å². The monoisotopic (exact) mass is 467 g/mol. The van der Waals surface area contributed by atoms with Crippen LogP contribution < -0.4 is 5.32 Å². The van der Waals surface area contributed by atoms with Gasteiger partial charge in [-0.1, -0.05) is 18.7 Å². The lowest BCUT2D eigenvalue weighted by molar-refractivity contribution is -0.741. The second-order valence-corrected chi connectivity index (χ2v) is 10.4. The number of hydrazine groups is 1. The summed E-state index contributed by atoms with van der Waals surface area (Å²) in [7, 11) is 2.05. The first-order valence-corrected chi connectivity index (χ1v) is 12.3. The lowest BCUT2D eigenvalue weighted by Crippen LogP contribution is -2.40. The third kappa shape index (κ3) is 6.02. The second-order valence-electron chi connectivity index (χ2n) is 10.4. The molecule has 2 fully saturated rings. The minimum atomic E-state index is -0.720. The smallest absolute Gasteiger partial charge is 0.312 e. The summed E-state index contributed by atoms with van der Waals surface area (Å²) in [5.41, 5.74) is 2.00. The molecular weight excluding hydrogens is 428 g/mol. The van der Waals surface area contributed by atoms with Gasteiger partial charge in [0.2, 0.25) is 0 Å². The maximum atomic E-state index is 10.9. The fourth-order valence-corrected chi connectivity index (χ4v) is 4.13. The Labute approximate surface area is 203 Å². The Balaban J connectivity index is 1.55. The van der Waals surface area contributed by atoms with Gasteiger partial charge < -0.3 is 20.1 Å². The second kappa shape index (κ2) is 9.84. The average Bonchev–Trinajstić information content (AvgIpc) is 3.70. The zero-order valence-electron chi connectivity index (χ0n) is 20.7. The molecule has 4 aliphatic rings. The summed E-state index contributed by atoms with van der Waals surface area (Å²) < 4.78 is 7.38. The van der Waals surface area contributed by atoms with Crippen LogP contribution in [0.5, 0.6) is 0 Å². The molecule has 0 spiro atoms. The number of nitrogens with one attached hydrogen (secondary N) is 1. The van der Waals surface area contributed by atoms with E-state index < -0.39 is 5.60 Å². The number of hydrogen-bond donors (Lipinski definition) is 3. The largest absolute Gasteiger partial charge is 0.489 e. The molecule has 7 heteroatoms. The van der Waals surface area contributed by atoms with Gasteiger partial charge in [0.1, 0.15) is 0 Å². The van der Waals surface area contributed by atoms with Gasteiger partial charge in [-0.2, -0.15) is 0 Å². The Bertz CT molecular complexity index is 974. The molecule has 3 N–H and O–H groups in total. The molecule has 4 rings (SSSR count). The molecule has 0 aromatic heterocycles. The van der Waals surface area contributed by atoms with Gasteiger partial charge >= 0.3 is 5.82 Å². The summed E-state index contributed by atoms with van der Waals surface area (Å²) in [5, 5.41) is 28.6. The van der Waals surface area contributed by atoms with E-state index in [0.29, 0.717) is 30.7 Å². The normalized spacial score (nSPS) is 23.7. The number of nitrogens with zero attached hydrogens (tertiary/aromatic N) is 3. The van der Waals surface area contributed by atoms with Crippen LogP contribution in [0.3, 0.4) is 0 Å². The van der Waals surface area contributed by atoms with Crippen LogP contribution in [-0.4, -0.2) is 62.6 Å². The van der Waals surface area contributed by atoms with E-state index in [2.05, 4.69) is 53.9 Å². The van der Waals surface area contributed by atoms with Crippen molar-refractivity contribution in [2.45, 2.75) is 57.6 Å². The predicted octanol–water partition coefficient (Wildman–Crippen LogP) is 3.83. The zero-order chi connectivity index (χ0) is 24.5. The summed E-state index contributed by atoms with van der Waals surface area (Å²) in [5.74, 6) is 2.11. The molecule has 0 amide bonds. The van der Waals surface area contributed by atoms with Crippen molar-refractivity contribution in [1.82, 2.24) is 15.3 Å². The van der Waals surface area contributed by atoms with Gasteiger partial charge in [-0.05, 0) is 87.0 Å². The third-order valence-corrected chi connectivity index (χ3v) is 6.64. The van der Waals surface area contributed by atoms with Crippen LogP contribution in [0.4, 0.5) is 0 Å². The number of allylic oxidation sites excluding steroid dienone is 3. The van der Waals surface area contributed by atoms with Gasteiger partial charge in [-0.3, -0.25) is 0 Å². The van der Waals surface area contributed by atoms with Crippen LogP contribution in [0.2, 0.25) is 0 Å². The molecule has 0 aromatic rings. The summed E-state index contributed by atoms with van der Waals surface area (Å²) >= 11 is 0. The van der Waals surface area contributed by atoms with E-state index in [4.69, 9.17) is 4.74 Å². The minimum absolute atomic E-state index is 0.0594. The minimum Gasteiger partial charge on any atom is -0.489 e. The van der Waals surface area contributed by atoms with Crippen LogP contribution in [0, 0.1) is 11.8 Å². The third-order valence-electron chi connectivity index (χ3n) is 6.64. The highest BCUT2D eigenvalue weighted by Gasteiger charge is 2.36. The molecule has 1 aliphatic heterocycles. The van der Waals surface area contributed by atoms with Gasteiger partial charge in [0.25, 0.3) is 0 Å². The number of rotatable bonds is 12. The fraction of sp³-hybridized carbons (Fsp3) is 0.519. The molecular formula is C27H39N4O3+. The molecule has 1 atom stereocenters. The van der Waals surface area contributed by atoms with E-state index in [1.165, 1.54) is 12.8 Å². The van der Waals surface area contributed by atoms with E-state index in [1.807, 2.05) is 26.0 Å². The Morgan fingerprint density at radius 2 is 2.06 bits per heavy atom. The van der Waals surface area contributed by atoms with Gasteiger partial charge in [0.15, 0.2) is 17.2 Å². The molecule has 0 aromatic carbocycles. The molecule has 34 heavy (non-hydrogen) atoms. The molecule has 1 heterocycles. The molecule has 0 saturated heterocycles. The van der Waals surface area contributed by atoms with Crippen molar-refractivity contribution in [3.63, 3.8) is 0 Å². The molecule has 184 valence electrons. The average molecular weight is 468 g/mol. The number of likely N-dealkylation sites (N-methyl/N-ethyl adjacent to an activating group) is 1. The van der Waals surface area contributed by atoms with E-state index >= 15 is 0 Å². The Hall–Kier alpha value is -2.77. The van der Waals surface area contributed by atoms with Crippen molar-refractivity contribution >= 4 is 5.71 Å². The summed E-state index contributed by atoms with van der Waals surface area (Å²) in [4.78, 5) is 0. The van der Waals surface area contributed by atoms with Crippen LogP contribution in [0.15, 0.2) is 72.6 Å². The van der Waals surface area contributed by atoms with Gasteiger partial charge in [0.05, 0.1) is 18.2 Å². The first-order valence-electron chi connectivity index (χ1n) is 12.3. The quantitative estimate of drug-likeness (QED) is 0.133. The first kappa shape index (κ1) is 24.4. The summed E-state index contributed by atoms with van der Waals surface area (Å²) in [6.45, 7) is 12.9. The van der Waals surface area contributed by atoms with Crippen LogP contribution in [-0.2, 0) is 4.74 Å². The predicted molar refractivity (Wildman–Crippen MR) is 133 cm³/mol. The molecule has 7 nitrogen and oxygen atoms in total. The Kier molecular flexibility index (Phi) is 7.05. The van der Waals surface area contributed by atoms with Crippen LogP contribution in [0.1, 0.15) is 46.0 Å². The lowest BCUT2D eigenvalue weighted by Gasteiger charge is -2.32. The van der Waals surface area contributed by atoms with E-state index in [-0.39, 0.29) is 6.04 Å². The maximum absolute atomic E-state index is 10.9. The molecule has 2 saturated carbocycles. The molecule has 0 bridgehead atoms. The Morgan fingerprint density at radius 1 is 1.32 bits per heavy atom. The topological polar surface area (TPSA) is 71.2 Å². The van der Waals surface area contributed by atoms with Crippen molar-refractivity contribution in [2.75, 3.05) is 20.2 Å². The van der Waals surface area contributed by atoms with Crippen molar-refractivity contribution < 1.29 is 19.8 Å². The van der Waals surface area contributed by atoms with Gasteiger partial charge in [-0.25, -0.2) is 10.3 Å². The number of hydrogen-bond acceptors (Lipinski definition) is 6. The van der Waals surface area contributed by atoms with Crippen LogP contribution >= 0.6 is 0 Å². The lowest BCUT2D eigenvalue weighted by atomic mass is 10.0. The number of hydroxylamine groups is 1. The van der Waals surface area contributed by atoms with E-state index in [0.717, 1.165) is 46.9 Å². The van der Waals surface area contributed by atoms with Crippen molar-refractivity contribution in [1.29, 1.82) is 0 Å². The molecule has 3 aliphatic carbocycles. The van der Waals surface area contributed by atoms with Crippen molar-refractivity contribution in [3.05, 3.63) is 72.6 Å². The molecule has 1 unspecified atom stereocenters. The SMILES string of the molecule is C=C/C=C\C(C1CC1)=[N+](\O)C(=C)NC1=CC2=CN(CCC(C)(C)O)N(C)C2C=C1OCC1CC1. The van der Waals surface area contributed by atoms with Gasteiger partial charge in [0, 0.05) is 25.7 Å². The number of fused-ring (bicyclic) bond motifs is 1. The van der Waals surface area contributed by atoms with E-state index in [9.17, 15) is 10.3 Å². The fourth-order valence-electron chi connectivity index (χ4n) is 4.13. The first-order chi connectivity index (χ1) is 16.2. The highest BCUT2D eigenvalue weighted by Crippen LogP contribution is 2.35. The highest BCUT2D eigenvalue weighted by atomic mass is 16.5. The number of aliphatic hydroxyl groups is 1. The van der Waals surface area contributed by atoms with Crippen molar-refractivity contribution in [3.8, 4) is 0 Å². The number of ether oxygens (including phenoxy) is 1. The highest BCUT2D eigenvalue weighted by molar-refractivity contribution is 5.94. The summed E-state index contributed by atoms with van der Waals surface area (Å²) in [6.07, 6.45) is 16.9. The van der Waals surface area contributed by atoms with Gasteiger partial charge in [-0.15, -0.1) is 0 Å².